The second-order valence-corrected chi connectivity index (χ2v) is 14.8. The van der Waals surface area contributed by atoms with Gasteiger partial charge >= 0.3 is 6.09 Å². The number of ketones is 1. The Morgan fingerprint density at radius 3 is 2.47 bits per heavy atom. The Bertz CT molecular complexity index is 1110. The van der Waals surface area contributed by atoms with Gasteiger partial charge in [0.2, 0.25) is 0 Å². The summed E-state index contributed by atoms with van der Waals surface area (Å²) in [5.41, 5.74) is 0.0274. The lowest BCUT2D eigenvalue weighted by atomic mass is 9.32. The van der Waals surface area contributed by atoms with E-state index in [1.807, 2.05) is 4.90 Å². The minimum absolute atomic E-state index is 0.0506. The molecule has 3 spiro atoms. The molecule has 8 aliphatic rings. The highest BCUT2D eigenvalue weighted by molar-refractivity contribution is 6.00. The zero-order valence-corrected chi connectivity index (χ0v) is 23.8. The van der Waals surface area contributed by atoms with Crippen LogP contribution in [0.3, 0.4) is 0 Å². The SMILES string of the molecule is CCCN1C[C@@]2(CC[C@H]3[C@]45C=C[C@@]6(C=C4C(=O)C4CCCCC4)C[C@@H](O)CC[C@]6(C)[C@H]5CC[C@@]32C)OC1=O. The van der Waals surface area contributed by atoms with E-state index in [1.54, 1.807) is 0 Å². The van der Waals surface area contributed by atoms with Crippen LogP contribution in [0.1, 0.15) is 104 Å². The summed E-state index contributed by atoms with van der Waals surface area (Å²) < 4.78 is 6.41. The molecule has 8 rings (SSSR count). The Morgan fingerprint density at radius 2 is 1.71 bits per heavy atom. The van der Waals surface area contributed by atoms with E-state index in [-0.39, 0.29) is 39.8 Å². The van der Waals surface area contributed by atoms with Crippen LogP contribution in [0.5, 0.6) is 0 Å². The van der Waals surface area contributed by atoms with Crippen LogP contribution < -0.4 is 0 Å². The van der Waals surface area contributed by atoms with Gasteiger partial charge in [-0.05, 0) is 81.5 Å². The number of fused-ring (bicyclic) bond motifs is 2. The summed E-state index contributed by atoms with van der Waals surface area (Å²) in [5, 5.41) is 10.9. The molecule has 8 atom stereocenters. The molecule has 2 bridgehead atoms. The molecule has 0 aromatic carbocycles. The van der Waals surface area contributed by atoms with Crippen molar-refractivity contribution in [2.75, 3.05) is 13.1 Å². The van der Waals surface area contributed by atoms with Crippen LogP contribution in [-0.2, 0) is 9.53 Å². The van der Waals surface area contributed by atoms with Gasteiger partial charge in [-0.2, -0.15) is 0 Å². The van der Waals surface area contributed by atoms with E-state index in [0.29, 0.717) is 24.2 Å². The number of aliphatic hydroxyl groups excluding tert-OH is 1. The topological polar surface area (TPSA) is 66.8 Å². The van der Waals surface area contributed by atoms with E-state index in [9.17, 15) is 14.7 Å². The van der Waals surface area contributed by atoms with Crippen molar-refractivity contribution in [1.29, 1.82) is 0 Å². The van der Waals surface area contributed by atoms with Gasteiger partial charge in [-0.25, -0.2) is 4.79 Å². The van der Waals surface area contributed by atoms with Crippen LogP contribution >= 0.6 is 0 Å². The molecule has 5 heteroatoms. The van der Waals surface area contributed by atoms with E-state index in [2.05, 4.69) is 39.0 Å². The Labute approximate surface area is 228 Å². The Kier molecular flexibility index (Phi) is 5.48. The number of rotatable bonds is 4. The Balaban J connectivity index is 1.36. The molecular formula is C33H47NO4. The number of amides is 1. The monoisotopic (exact) mass is 521 g/mol. The fourth-order valence-corrected chi connectivity index (χ4v) is 11.4. The highest BCUT2D eigenvalue weighted by Crippen LogP contribution is 2.79. The first kappa shape index (κ1) is 25.4. The molecule has 0 radical (unpaired) electrons. The van der Waals surface area contributed by atoms with E-state index < -0.39 is 5.60 Å². The van der Waals surface area contributed by atoms with Crippen molar-refractivity contribution in [2.24, 2.45) is 39.4 Å². The summed E-state index contributed by atoms with van der Waals surface area (Å²) in [7, 11) is 0. The third-order valence-corrected chi connectivity index (χ3v) is 13.4. The Hall–Kier alpha value is -1.62. The second-order valence-electron chi connectivity index (χ2n) is 14.8. The zero-order chi connectivity index (χ0) is 26.6. The van der Waals surface area contributed by atoms with E-state index in [4.69, 9.17) is 4.74 Å². The average molecular weight is 522 g/mol. The highest BCUT2D eigenvalue weighted by atomic mass is 16.6. The standard InChI is InChI=1S/C33H47NO4/c1-4-18-34-21-32(38-28(34)37)15-12-26-30(32,3)14-11-25-29(2)13-10-23(35)19-31(29)16-17-33(25,26)24(20-31)27(36)22-8-6-5-7-9-22/h16-17,20,22-23,25-26,35H,4-15,18-19,21H2,1-3H3/t23-,25+,26+,29+,30-,31-,32+,33+/m0/s1. The molecular weight excluding hydrogens is 474 g/mol. The van der Waals surface area contributed by atoms with Gasteiger partial charge in [-0.15, -0.1) is 0 Å². The third-order valence-electron chi connectivity index (χ3n) is 13.4. The van der Waals surface area contributed by atoms with Gasteiger partial charge < -0.3 is 14.7 Å². The maximum Gasteiger partial charge on any atom is 0.410 e. The molecule has 38 heavy (non-hydrogen) atoms. The minimum Gasteiger partial charge on any atom is -0.440 e. The van der Waals surface area contributed by atoms with Gasteiger partial charge in [0.1, 0.15) is 5.60 Å². The first-order valence-corrected chi connectivity index (χ1v) is 15.8. The van der Waals surface area contributed by atoms with E-state index >= 15 is 0 Å². The van der Waals surface area contributed by atoms with Crippen molar-refractivity contribution in [2.45, 2.75) is 116 Å². The number of carbonyl (C=O) groups excluding carboxylic acids is 2. The molecule has 1 saturated heterocycles. The molecule has 0 unspecified atom stereocenters. The predicted molar refractivity (Wildman–Crippen MR) is 146 cm³/mol. The number of aliphatic hydroxyl groups is 1. The minimum atomic E-state index is -0.452. The molecule has 0 aromatic heterocycles. The molecule has 5 nitrogen and oxygen atoms in total. The summed E-state index contributed by atoms with van der Waals surface area (Å²) in [4.78, 5) is 29.6. The lowest BCUT2D eigenvalue weighted by molar-refractivity contribution is -0.169. The number of allylic oxidation sites excluding steroid dienone is 4. The predicted octanol–water partition coefficient (Wildman–Crippen LogP) is 6.60. The van der Waals surface area contributed by atoms with Gasteiger partial charge in [0.15, 0.2) is 5.78 Å². The number of hydrogen-bond acceptors (Lipinski definition) is 4. The molecule has 1 amide bonds. The van der Waals surface area contributed by atoms with Gasteiger partial charge in [0, 0.05) is 34.3 Å². The van der Waals surface area contributed by atoms with Gasteiger partial charge in [-0.1, -0.05) is 58.3 Å². The molecule has 5 fully saturated rings. The molecule has 4 saturated carbocycles. The molecule has 208 valence electrons. The highest BCUT2D eigenvalue weighted by Gasteiger charge is 2.76. The van der Waals surface area contributed by atoms with Crippen LogP contribution in [0.25, 0.3) is 0 Å². The first-order chi connectivity index (χ1) is 18.1. The normalized spacial score (nSPS) is 49.5. The maximum atomic E-state index is 14.6. The lowest BCUT2D eigenvalue weighted by Crippen LogP contribution is -2.67. The van der Waals surface area contributed by atoms with Gasteiger partial charge in [0.25, 0.3) is 0 Å². The number of hydrogen-bond donors (Lipinski definition) is 1. The second kappa shape index (κ2) is 8.21. The summed E-state index contributed by atoms with van der Waals surface area (Å²) >= 11 is 0. The maximum absolute atomic E-state index is 14.6. The van der Waals surface area contributed by atoms with Crippen LogP contribution in [-0.4, -0.2) is 46.7 Å². The van der Waals surface area contributed by atoms with Crippen molar-refractivity contribution in [3.63, 3.8) is 0 Å². The van der Waals surface area contributed by atoms with Crippen LogP contribution in [0.4, 0.5) is 4.79 Å². The van der Waals surface area contributed by atoms with E-state index in [1.165, 1.54) is 6.42 Å². The Morgan fingerprint density at radius 1 is 1.00 bits per heavy atom. The quantitative estimate of drug-likeness (QED) is 0.424. The van der Waals surface area contributed by atoms with Crippen molar-refractivity contribution in [1.82, 2.24) is 4.90 Å². The number of ether oxygens (including phenoxy) is 1. The summed E-state index contributed by atoms with van der Waals surface area (Å²) in [6.45, 7) is 8.45. The third kappa shape index (κ3) is 2.93. The molecule has 1 aliphatic heterocycles. The smallest absolute Gasteiger partial charge is 0.410 e. The number of carbonyl (C=O) groups is 2. The summed E-state index contributed by atoms with van der Waals surface area (Å²) in [6, 6.07) is 0. The fraction of sp³-hybridized carbons (Fsp3) is 0.818. The fourth-order valence-electron chi connectivity index (χ4n) is 11.4. The summed E-state index contributed by atoms with van der Waals surface area (Å²) in [5.74, 6) is 1.24. The van der Waals surface area contributed by atoms with Gasteiger partial charge in [-0.3, -0.25) is 4.79 Å². The lowest BCUT2D eigenvalue weighted by Gasteiger charge is -2.71. The zero-order valence-electron chi connectivity index (χ0n) is 23.8. The molecule has 7 aliphatic carbocycles. The number of nitrogens with zero attached hydrogens (tertiary/aromatic N) is 1. The molecule has 0 aromatic rings. The largest absolute Gasteiger partial charge is 0.440 e. The van der Waals surface area contributed by atoms with Crippen LogP contribution in [0, 0.1) is 39.4 Å². The average Bonchev–Trinajstić information content (AvgIpc) is 3.39. The van der Waals surface area contributed by atoms with Crippen LogP contribution in [0.15, 0.2) is 23.8 Å². The van der Waals surface area contributed by atoms with Crippen LogP contribution in [0.2, 0.25) is 0 Å². The molecule has 1 heterocycles. The summed E-state index contributed by atoms with van der Waals surface area (Å²) in [6.07, 6.45) is 20.0. The van der Waals surface area contributed by atoms with Crippen molar-refractivity contribution in [3.05, 3.63) is 23.8 Å². The van der Waals surface area contributed by atoms with Gasteiger partial charge in [0.05, 0.1) is 12.6 Å². The van der Waals surface area contributed by atoms with Crippen molar-refractivity contribution in [3.8, 4) is 0 Å². The van der Waals surface area contributed by atoms with Crippen molar-refractivity contribution < 1.29 is 19.4 Å². The van der Waals surface area contributed by atoms with E-state index in [0.717, 1.165) is 89.2 Å². The molecule has 1 N–H and O–H groups in total. The first-order valence-electron chi connectivity index (χ1n) is 15.8. The van der Waals surface area contributed by atoms with Crippen molar-refractivity contribution >= 4 is 11.9 Å². The number of Topliss-reactive ketones (excluding diaryl/α,β-unsaturated/α-hetero) is 1.